The Hall–Kier alpha value is -4.20. The van der Waals surface area contributed by atoms with Crippen molar-refractivity contribution in [2.24, 2.45) is 4.99 Å². The molecule has 6 rings (SSSR count). The molecule has 1 atom stereocenters. The van der Waals surface area contributed by atoms with E-state index in [1.54, 1.807) is 18.4 Å². The minimum Gasteiger partial charge on any atom is -0.463 e. The summed E-state index contributed by atoms with van der Waals surface area (Å²) in [5, 5.41) is 1.74. The van der Waals surface area contributed by atoms with Gasteiger partial charge in [0.05, 0.1) is 28.5 Å². The molecular formula is C33H28ClN3O3S. The quantitative estimate of drug-likeness (QED) is 0.239. The van der Waals surface area contributed by atoms with Crippen LogP contribution in [0.4, 0.5) is 0 Å². The highest BCUT2D eigenvalue weighted by Crippen LogP contribution is 2.31. The summed E-state index contributed by atoms with van der Waals surface area (Å²) in [5.41, 5.74) is 5.64. The third kappa shape index (κ3) is 4.96. The van der Waals surface area contributed by atoms with Crippen LogP contribution in [0.2, 0.25) is 5.02 Å². The summed E-state index contributed by atoms with van der Waals surface area (Å²) >= 11 is 7.79. The Morgan fingerprint density at radius 2 is 1.78 bits per heavy atom. The summed E-state index contributed by atoms with van der Waals surface area (Å²) in [4.78, 5) is 32.4. The highest BCUT2D eigenvalue weighted by molar-refractivity contribution is 7.07. The zero-order valence-electron chi connectivity index (χ0n) is 22.9. The average Bonchev–Trinajstić information content (AvgIpc) is 3.46. The van der Waals surface area contributed by atoms with Crippen LogP contribution in [0.3, 0.4) is 0 Å². The topological polar surface area (TPSA) is 65.6 Å². The number of rotatable bonds is 6. The first-order valence-electron chi connectivity index (χ1n) is 13.4. The van der Waals surface area contributed by atoms with Crippen LogP contribution in [-0.2, 0) is 16.1 Å². The fourth-order valence-electron chi connectivity index (χ4n) is 5.33. The summed E-state index contributed by atoms with van der Waals surface area (Å²) in [7, 11) is 0. The van der Waals surface area contributed by atoms with E-state index in [0.29, 0.717) is 32.2 Å². The fraction of sp³-hybridized carbons (Fsp3) is 0.182. The van der Waals surface area contributed by atoms with Gasteiger partial charge in [-0.05, 0) is 50.1 Å². The molecule has 1 aliphatic rings. The number of nitrogens with zero attached hydrogens (tertiary/aromatic N) is 3. The van der Waals surface area contributed by atoms with Crippen LogP contribution in [0, 0.1) is 6.92 Å². The molecular weight excluding hydrogens is 554 g/mol. The van der Waals surface area contributed by atoms with Gasteiger partial charge in [0.25, 0.3) is 5.56 Å². The number of benzene rings is 3. The van der Waals surface area contributed by atoms with Crippen molar-refractivity contribution >= 4 is 45.9 Å². The molecule has 0 spiro atoms. The van der Waals surface area contributed by atoms with Crippen LogP contribution in [0.5, 0.6) is 0 Å². The van der Waals surface area contributed by atoms with Crippen LogP contribution < -0.4 is 14.9 Å². The predicted octanol–water partition coefficient (Wildman–Crippen LogP) is 5.76. The zero-order valence-corrected chi connectivity index (χ0v) is 24.5. The van der Waals surface area contributed by atoms with Crippen molar-refractivity contribution in [3.05, 3.63) is 137 Å². The van der Waals surface area contributed by atoms with Crippen LogP contribution in [0.25, 0.3) is 17.0 Å². The summed E-state index contributed by atoms with van der Waals surface area (Å²) in [6, 6.07) is 23.2. The zero-order chi connectivity index (χ0) is 28.7. The first kappa shape index (κ1) is 27.0. The molecule has 0 fully saturated rings. The molecule has 2 aromatic heterocycles. The Morgan fingerprint density at radius 3 is 2.54 bits per heavy atom. The van der Waals surface area contributed by atoms with Gasteiger partial charge in [0.15, 0.2) is 4.80 Å². The summed E-state index contributed by atoms with van der Waals surface area (Å²) in [6.07, 6.45) is 3.98. The molecule has 0 N–H and O–H groups in total. The minimum absolute atomic E-state index is 0.198. The molecule has 41 heavy (non-hydrogen) atoms. The molecule has 3 heterocycles. The lowest BCUT2D eigenvalue weighted by Crippen LogP contribution is -2.39. The second-order valence-corrected chi connectivity index (χ2v) is 11.5. The number of carbonyl (C=O) groups excluding carboxylic acids is 1. The van der Waals surface area contributed by atoms with Crippen molar-refractivity contribution in [3.63, 3.8) is 0 Å². The molecule has 0 amide bonds. The highest BCUT2D eigenvalue weighted by Gasteiger charge is 2.33. The summed E-state index contributed by atoms with van der Waals surface area (Å²) in [6.45, 7) is 6.41. The van der Waals surface area contributed by atoms with Crippen molar-refractivity contribution in [1.29, 1.82) is 0 Å². The maximum Gasteiger partial charge on any atom is 0.338 e. The van der Waals surface area contributed by atoms with Crippen LogP contribution in [0.15, 0.2) is 100 Å². The van der Waals surface area contributed by atoms with Gasteiger partial charge in [0, 0.05) is 34.2 Å². The number of ether oxygens (including phenoxy) is 1. The second kappa shape index (κ2) is 11.0. The van der Waals surface area contributed by atoms with Gasteiger partial charge < -0.3 is 9.30 Å². The molecule has 8 heteroatoms. The first-order valence-corrected chi connectivity index (χ1v) is 14.6. The highest BCUT2D eigenvalue weighted by atomic mass is 35.5. The Labute approximate surface area is 246 Å². The molecule has 5 aromatic rings. The number of esters is 1. The molecule has 0 unspecified atom stereocenters. The van der Waals surface area contributed by atoms with E-state index in [1.165, 1.54) is 11.3 Å². The molecule has 0 radical (unpaired) electrons. The van der Waals surface area contributed by atoms with Gasteiger partial charge in [0.2, 0.25) is 0 Å². The monoisotopic (exact) mass is 581 g/mol. The number of aryl methyl sites for hydroxylation is 1. The lowest BCUT2D eigenvalue weighted by atomic mass is 9.95. The largest absolute Gasteiger partial charge is 0.463 e. The maximum atomic E-state index is 14.1. The number of aromatic nitrogens is 2. The number of halogens is 1. The van der Waals surface area contributed by atoms with E-state index in [1.807, 2.05) is 73.7 Å². The molecule has 6 nitrogen and oxygen atoms in total. The minimum atomic E-state index is -0.630. The van der Waals surface area contributed by atoms with Crippen molar-refractivity contribution < 1.29 is 9.53 Å². The van der Waals surface area contributed by atoms with Gasteiger partial charge in [-0.25, -0.2) is 9.79 Å². The van der Waals surface area contributed by atoms with Crippen LogP contribution in [-0.4, -0.2) is 21.7 Å². The van der Waals surface area contributed by atoms with E-state index in [-0.39, 0.29) is 12.2 Å². The molecule has 0 saturated heterocycles. The third-order valence-electron chi connectivity index (χ3n) is 7.31. The average molecular weight is 582 g/mol. The van der Waals surface area contributed by atoms with Crippen LogP contribution in [0.1, 0.15) is 42.1 Å². The van der Waals surface area contributed by atoms with E-state index in [4.69, 9.17) is 21.3 Å². The van der Waals surface area contributed by atoms with Gasteiger partial charge in [-0.3, -0.25) is 9.36 Å². The van der Waals surface area contributed by atoms with Crippen molar-refractivity contribution in [2.45, 2.75) is 33.4 Å². The Balaban J connectivity index is 1.52. The Kier molecular flexibility index (Phi) is 7.24. The fourth-order valence-corrected chi connectivity index (χ4v) is 6.56. The van der Waals surface area contributed by atoms with Gasteiger partial charge in [-0.2, -0.15) is 0 Å². The van der Waals surface area contributed by atoms with E-state index in [9.17, 15) is 9.59 Å². The van der Waals surface area contributed by atoms with Crippen molar-refractivity contribution in [2.75, 3.05) is 6.61 Å². The standard InChI is InChI=1S/C33H28ClN3O3S/c1-4-40-32(39)29-21(3)35-33-37(30(29)22-15-13-20(2)14-16-22)31(38)28(41-33)17-24-19-36(27-12-8-6-10-25(24)27)18-23-9-5-7-11-26(23)34/h5-17,19,30H,4,18H2,1-3H3/b28-17-/t30-/m0/s1. The molecule has 0 saturated carbocycles. The number of thiazole rings is 1. The molecule has 0 bridgehead atoms. The molecule has 3 aromatic carbocycles. The number of carbonyl (C=O) groups is 1. The lowest BCUT2D eigenvalue weighted by molar-refractivity contribution is -0.139. The molecule has 206 valence electrons. The van der Waals surface area contributed by atoms with E-state index < -0.39 is 12.0 Å². The number of fused-ring (bicyclic) bond motifs is 2. The summed E-state index contributed by atoms with van der Waals surface area (Å²) < 4.78 is 9.72. The van der Waals surface area contributed by atoms with Gasteiger partial charge in [-0.1, -0.05) is 89.2 Å². The van der Waals surface area contributed by atoms with E-state index in [2.05, 4.69) is 22.9 Å². The molecule has 1 aliphatic heterocycles. The first-order chi connectivity index (χ1) is 19.9. The number of para-hydroxylation sites is 1. The normalized spacial score (nSPS) is 15.2. The summed E-state index contributed by atoms with van der Waals surface area (Å²) in [5.74, 6) is -0.462. The predicted molar refractivity (Wildman–Crippen MR) is 164 cm³/mol. The number of allylic oxidation sites excluding steroid dienone is 1. The number of hydrogen-bond acceptors (Lipinski definition) is 5. The molecule has 0 aliphatic carbocycles. The Morgan fingerprint density at radius 1 is 1.05 bits per heavy atom. The van der Waals surface area contributed by atoms with E-state index >= 15 is 0 Å². The lowest BCUT2D eigenvalue weighted by Gasteiger charge is -2.24. The maximum absolute atomic E-state index is 14.1. The van der Waals surface area contributed by atoms with Crippen LogP contribution >= 0.6 is 22.9 Å². The van der Waals surface area contributed by atoms with Gasteiger partial charge in [-0.15, -0.1) is 0 Å². The number of hydrogen-bond donors (Lipinski definition) is 0. The van der Waals surface area contributed by atoms with E-state index in [0.717, 1.165) is 33.2 Å². The second-order valence-electron chi connectivity index (χ2n) is 10.0. The van der Waals surface area contributed by atoms with Gasteiger partial charge >= 0.3 is 5.97 Å². The smallest absolute Gasteiger partial charge is 0.338 e. The SMILES string of the molecule is CCOC(=O)C1=C(C)N=c2s/c(=C\c3cn(Cc4ccccc4Cl)c4ccccc34)c(=O)n2[C@H]1c1ccc(C)cc1. The third-order valence-corrected chi connectivity index (χ3v) is 8.67. The van der Waals surface area contributed by atoms with Crippen molar-refractivity contribution in [1.82, 2.24) is 9.13 Å². The Bertz CT molecular complexity index is 2020. The van der Waals surface area contributed by atoms with Crippen molar-refractivity contribution in [3.8, 4) is 0 Å². The van der Waals surface area contributed by atoms with Gasteiger partial charge in [0.1, 0.15) is 0 Å².